The van der Waals surface area contributed by atoms with Crippen molar-refractivity contribution in [2.75, 3.05) is 12.8 Å². The highest BCUT2D eigenvalue weighted by molar-refractivity contribution is 9.10. The number of halogens is 1. The van der Waals surface area contributed by atoms with Gasteiger partial charge in [0, 0.05) is 41.7 Å². The van der Waals surface area contributed by atoms with Crippen molar-refractivity contribution < 1.29 is 4.79 Å². The van der Waals surface area contributed by atoms with Crippen molar-refractivity contribution >= 4 is 33.6 Å². The number of amides is 1. The molecule has 0 fully saturated rings. The molecule has 0 radical (unpaired) electrons. The largest absolute Gasteiger partial charge is 0.341 e. The summed E-state index contributed by atoms with van der Waals surface area (Å²) in [7, 11) is 1.81. The van der Waals surface area contributed by atoms with E-state index in [1.165, 1.54) is 11.8 Å². The van der Waals surface area contributed by atoms with Gasteiger partial charge in [-0.1, -0.05) is 58.0 Å². The third-order valence-corrected chi connectivity index (χ3v) is 6.11. The lowest BCUT2D eigenvalue weighted by atomic mass is 10.2. The predicted molar refractivity (Wildman–Crippen MR) is 126 cm³/mol. The predicted octanol–water partition coefficient (Wildman–Crippen LogP) is 4.84. The van der Waals surface area contributed by atoms with Crippen molar-refractivity contribution in [3.63, 3.8) is 0 Å². The number of hydrogen-bond acceptors (Lipinski definition) is 5. The topological polar surface area (TPSA) is 63.9 Å². The van der Waals surface area contributed by atoms with Gasteiger partial charge in [-0.25, -0.2) is 0 Å². The summed E-state index contributed by atoms with van der Waals surface area (Å²) in [4.78, 5) is 18.6. The Bertz CT molecular complexity index is 1150. The molecule has 0 spiro atoms. The van der Waals surface area contributed by atoms with Crippen LogP contribution in [0.5, 0.6) is 0 Å². The molecule has 2 aromatic carbocycles. The van der Waals surface area contributed by atoms with Gasteiger partial charge in [-0.2, -0.15) is 0 Å². The van der Waals surface area contributed by atoms with Gasteiger partial charge in [0.2, 0.25) is 5.91 Å². The number of carbonyl (C=O) groups is 1. The van der Waals surface area contributed by atoms with Crippen LogP contribution >= 0.6 is 27.7 Å². The van der Waals surface area contributed by atoms with E-state index in [1.54, 1.807) is 17.3 Å². The van der Waals surface area contributed by atoms with Crippen LogP contribution in [0.4, 0.5) is 0 Å². The Hall–Kier alpha value is -2.97. The summed E-state index contributed by atoms with van der Waals surface area (Å²) in [5, 5.41) is 9.44. The molecule has 0 unspecified atom stereocenters. The van der Waals surface area contributed by atoms with E-state index in [-0.39, 0.29) is 11.7 Å². The molecule has 2 aromatic heterocycles. The Labute approximate surface area is 193 Å². The molecular formula is C23H20BrN5OS. The van der Waals surface area contributed by atoms with E-state index in [2.05, 4.69) is 31.1 Å². The van der Waals surface area contributed by atoms with E-state index in [0.29, 0.717) is 17.5 Å². The monoisotopic (exact) mass is 493 g/mol. The number of hydrogen-bond donors (Lipinski definition) is 0. The molecular weight excluding hydrogens is 474 g/mol. The molecule has 0 saturated heterocycles. The van der Waals surface area contributed by atoms with Crippen molar-refractivity contribution in [2.24, 2.45) is 0 Å². The fourth-order valence-electron chi connectivity index (χ4n) is 3.05. The van der Waals surface area contributed by atoms with E-state index >= 15 is 0 Å². The second-order valence-corrected chi connectivity index (χ2v) is 8.74. The second-order valence-electron chi connectivity index (χ2n) is 6.88. The quantitative estimate of drug-likeness (QED) is 0.344. The minimum absolute atomic E-state index is 0.0287. The van der Waals surface area contributed by atoms with E-state index in [9.17, 15) is 4.79 Å². The Balaban J connectivity index is 1.52. The number of para-hydroxylation sites is 1. The number of carbonyl (C=O) groups excluding carboxylic acids is 1. The lowest BCUT2D eigenvalue weighted by Gasteiger charge is -2.17. The van der Waals surface area contributed by atoms with Crippen LogP contribution < -0.4 is 0 Å². The molecule has 4 aromatic rings. The summed E-state index contributed by atoms with van der Waals surface area (Å²) in [6.07, 6.45) is 3.46. The van der Waals surface area contributed by atoms with Crippen LogP contribution in [0, 0.1) is 0 Å². The molecule has 0 aliphatic heterocycles. The molecule has 4 rings (SSSR count). The van der Waals surface area contributed by atoms with Crippen molar-refractivity contribution in [3.05, 3.63) is 89.2 Å². The van der Waals surface area contributed by atoms with Crippen molar-refractivity contribution in [1.82, 2.24) is 24.6 Å². The summed E-state index contributed by atoms with van der Waals surface area (Å²) in [5.41, 5.74) is 2.94. The van der Waals surface area contributed by atoms with Crippen LogP contribution in [0.3, 0.4) is 0 Å². The van der Waals surface area contributed by atoms with Crippen molar-refractivity contribution in [3.8, 4) is 17.1 Å². The molecule has 6 nitrogen and oxygen atoms in total. The van der Waals surface area contributed by atoms with E-state index in [4.69, 9.17) is 0 Å². The number of rotatable bonds is 7. The van der Waals surface area contributed by atoms with Crippen LogP contribution in [0.1, 0.15) is 5.56 Å². The Morgan fingerprint density at radius 1 is 1.00 bits per heavy atom. The first-order valence-electron chi connectivity index (χ1n) is 9.64. The highest BCUT2D eigenvalue weighted by Gasteiger charge is 2.18. The van der Waals surface area contributed by atoms with Gasteiger partial charge in [0.05, 0.1) is 5.75 Å². The molecule has 0 saturated carbocycles. The third kappa shape index (κ3) is 5.21. The molecule has 8 heteroatoms. The fourth-order valence-corrected chi connectivity index (χ4v) is 4.21. The average molecular weight is 494 g/mol. The maximum atomic E-state index is 12.7. The van der Waals surface area contributed by atoms with Gasteiger partial charge in [0.1, 0.15) is 0 Å². The summed E-state index contributed by atoms with van der Waals surface area (Å²) in [6.45, 7) is 0.556. The van der Waals surface area contributed by atoms with Gasteiger partial charge in [-0.3, -0.25) is 14.3 Å². The maximum Gasteiger partial charge on any atom is 0.233 e. The number of aromatic nitrogens is 4. The lowest BCUT2D eigenvalue weighted by molar-refractivity contribution is -0.127. The van der Waals surface area contributed by atoms with Crippen molar-refractivity contribution in [2.45, 2.75) is 11.7 Å². The number of pyridine rings is 1. The van der Waals surface area contributed by atoms with Crippen molar-refractivity contribution in [1.29, 1.82) is 0 Å². The summed E-state index contributed by atoms with van der Waals surface area (Å²) in [5.74, 6) is 1.02. The molecule has 31 heavy (non-hydrogen) atoms. The highest BCUT2D eigenvalue weighted by atomic mass is 79.9. The molecule has 0 N–H and O–H groups in total. The van der Waals surface area contributed by atoms with Gasteiger partial charge in [0.25, 0.3) is 0 Å². The second kappa shape index (κ2) is 9.89. The number of thioether (sulfide) groups is 1. The molecule has 0 aliphatic carbocycles. The van der Waals surface area contributed by atoms with E-state index in [0.717, 1.165) is 21.3 Å². The Morgan fingerprint density at radius 3 is 2.42 bits per heavy atom. The zero-order chi connectivity index (χ0) is 21.6. The standard InChI is InChI=1S/C23H20BrN5OS/c1-28(15-17-7-9-19(24)10-8-17)21(30)16-31-23-27-26-22(18-11-13-25-14-12-18)29(23)20-5-3-2-4-6-20/h2-14H,15-16H2,1H3. The Morgan fingerprint density at radius 2 is 1.71 bits per heavy atom. The first-order chi connectivity index (χ1) is 15.1. The molecule has 0 aliphatic rings. The van der Waals surface area contributed by atoms with E-state index < -0.39 is 0 Å². The molecule has 1 amide bonds. The van der Waals surface area contributed by atoms with E-state index in [1.807, 2.05) is 78.3 Å². The van der Waals surface area contributed by atoms with Gasteiger partial charge >= 0.3 is 0 Å². The summed E-state index contributed by atoms with van der Waals surface area (Å²) in [6, 6.07) is 21.7. The van der Waals surface area contributed by atoms with Gasteiger partial charge in [-0.15, -0.1) is 10.2 Å². The zero-order valence-corrected chi connectivity index (χ0v) is 19.3. The van der Waals surface area contributed by atoms with Crippen LogP contribution in [0.2, 0.25) is 0 Å². The highest BCUT2D eigenvalue weighted by Crippen LogP contribution is 2.27. The molecule has 156 valence electrons. The van der Waals surface area contributed by atoms with Crippen LogP contribution in [-0.2, 0) is 11.3 Å². The summed E-state index contributed by atoms with van der Waals surface area (Å²) < 4.78 is 2.99. The minimum Gasteiger partial charge on any atom is -0.341 e. The Kier molecular flexibility index (Phi) is 6.79. The van der Waals surface area contributed by atoms with Crippen LogP contribution in [0.15, 0.2) is 88.8 Å². The molecule has 0 atom stereocenters. The smallest absolute Gasteiger partial charge is 0.233 e. The molecule has 2 heterocycles. The van der Waals surface area contributed by atoms with Crippen LogP contribution in [-0.4, -0.2) is 43.4 Å². The van der Waals surface area contributed by atoms with Crippen LogP contribution in [0.25, 0.3) is 17.1 Å². The van der Waals surface area contributed by atoms with Gasteiger partial charge in [0.15, 0.2) is 11.0 Å². The average Bonchev–Trinajstić information content (AvgIpc) is 3.24. The minimum atomic E-state index is 0.0287. The first kappa shape index (κ1) is 21.3. The fraction of sp³-hybridized carbons (Fsp3) is 0.130. The van der Waals surface area contributed by atoms with Gasteiger partial charge < -0.3 is 4.90 Å². The number of nitrogens with zero attached hydrogens (tertiary/aromatic N) is 5. The lowest BCUT2D eigenvalue weighted by Crippen LogP contribution is -2.27. The first-order valence-corrected chi connectivity index (χ1v) is 11.4. The third-order valence-electron chi connectivity index (χ3n) is 4.67. The SMILES string of the molecule is CN(Cc1ccc(Br)cc1)C(=O)CSc1nnc(-c2ccncc2)n1-c1ccccc1. The number of benzene rings is 2. The zero-order valence-electron chi connectivity index (χ0n) is 16.9. The maximum absolute atomic E-state index is 12.7. The molecule has 0 bridgehead atoms. The normalized spacial score (nSPS) is 10.8. The summed E-state index contributed by atoms with van der Waals surface area (Å²) >= 11 is 4.82. The van der Waals surface area contributed by atoms with Gasteiger partial charge in [-0.05, 0) is 42.0 Å².